The molecule has 1 N–H and O–H groups in total. The van der Waals surface area contributed by atoms with E-state index in [1.54, 1.807) is 46.5 Å². The van der Waals surface area contributed by atoms with Gasteiger partial charge in [-0.1, -0.05) is 11.6 Å². The van der Waals surface area contributed by atoms with Crippen molar-refractivity contribution in [2.45, 2.75) is 31.7 Å². The number of likely N-dealkylation sites (tertiary alicyclic amines) is 1. The van der Waals surface area contributed by atoms with E-state index in [2.05, 4.69) is 25.4 Å². The van der Waals surface area contributed by atoms with Gasteiger partial charge in [-0.25, -0.2) is 18.9 Å². The van der Waals surface area contributed by atoms with Crippen LogP contribution in [-0.2, 0) is 24.6 Å². The molecule has 5 aromatic rings. The van der Waals surface area contributed by atoms with Crippen molar-refractivity contribution in [3.8, 4) is 11.5 Å². The average Bonchev–Trinajstić information content (AvgIpc) is 3.69. The summed E-state index contributed by atoms with van der Waals surface area (Å²) < 4.78 is 63.6. The smallest absolute Gasteiger partial charge is 0.416 e. The molecule has 1 aliphatic heterocycles. The molecule has 5 heterocycles. The van der Waals surface area contributed by atoms with Gasteiger partial charge >= 0.3 is 6.18 Å². The Morgan fingerprint density at radius 1 is 1.13 bits per heavy atom. The summed E-state index contributed by atoms with van der Waals surface area (Å²) in [6.45, 7) is 0.555. The first-order valence-corrected chi connectivity index (χ1v) is 14.5. The van der Waals surface area contributed by atoms with Crippen LogP contribution in [0.3, 0.4) is 0 Å². The van der Waals surface area contributed by atoms with E-state index in [1.807, 2.05) is 0 Å². The number of ether oxygens (including phenoxy) is 1. The Balaban J connectivity index is 1.15. The second-order valence-electron chi connectivity index (χ2n) is 11.3. The number of rotatable bonds is 8. The maximum Gasteiger partial charge on any atom is 0.416 e. The maximum atomic E-state index is 13.7. The van der Waals surface area contributed by atoms with E-state index >= 15 is 0 Å². The number of imidazole rings is 1. The first kappa shape index (κ1) is 29.2. The van der Waals surface area contributed by atoms with E-state index in [0.717, 1.165) is 25.0 Å². The lowest BCUT2D eigenvalue weighted by atomic mass is 10.1. The van der Waals surface area contributed by atoms with E-state index in [4.69, 9.17) is 16.3 Å². The number of pyridine rings is 1. The summed E-state index contributed by atoms with van der Waals surface area (Å²) in [6, 6.07) is 3.63. The standard InChI is InChI=1S/C29H26ClF4N9O2/c1-40(27(44)16-3-4-16)23-14-43-20(8-35-23)21(10-37-43)45-22-9-36-26-25(24(22)30)41(2)28(39-26)38-19-6-15(11-42-12-18(31)13-42)5-17(7-19)29(32,33)34/h5-10,14,16,18H,3-4,11-13H2,1-2H3,(H,36,38,39). The summed E-state index contributed by atoms with van der Waals surface area (Å²) in [5.74, 6) is 1.24. The van der Waals surface area contributed by atoms with Crippen molar-refractivity contribution in [3.63, 3.8) is 0 Å². The van der Waals surface area contributed by atoms with Gasteiger partial charge in [0.1, 0.15) is 22.2 Å². The normalized spacial score (nSPS) is 15.9. The molecule has 2 fully saturated rings. The van der Waals surface area contributed by atoms with Gasteiger partial charge in [0.2, 0.25) is 11.9 Å². The van der Waals surface area contributed by atoms with E-state index in [0.29, 0.717) is 28.2 Å². The molecule has 0 spiro atoms. The first-order valence-electron chi connectivity index (χ1n) is 14.1. The van der Waals surface area contributed by atoms with E-state index in [-0.39, 0.29) is 59.5 Å². The highest BCUT2D eigenvalue weighted by atomic mass is 35.5. The Bertz CT molecular complexity index is 1950. The first-order chi connectivity index (χ1) is 21.4. The third kappa shape index (κ3) is 5.61. The minimum Gasteiger partial charge on any atom is -0.450 e. The molecular formula is C29H26ClF4N9O2. The van der Waals surface area contributed by atoms with Gasteiger partial charge in [-0.3, -0.25) is 14.6 Å². The third-order valence-electron chi connectivity index (χ3n) is 7.88. The van der Waals surface area contributed by atoms with Crippen LogP contribution in [0.2, 0.25) is 5.02 Å². The van der Waals surface area contributed by atoms with Gasteiger partial charge in [-0.05, 0) is 36.6 Å². The largest absolute Gasteiger partial charge is 0.450 e. The molecule has 7 rings (SSSR count). The highest BCUT2D eigenvalue weighted by Crippen LogP contribution is 2.38. The molecule has 45 heavy (non-hydrogen) atoms. The van der Waals surface area contributed by atoms with E-state index in [1.165, 1.54) is 17.3 Å². The Kier molecular flexibility index (Phi) is 7.04. The fraction of sp³-hybridized carbons (Fsp3) is 0.345. The van der Waals surface area contributed by atoms with Crippen molar-refractivity contribution >= 4 is 51.6 Å². The average molecular weight is 644 g/mol. The van der Waals surface area contributed by atoms with Crippen LogP contribution in [0.4, 0.5) is 35.0 Å². The number of aromatic nitrogens is 6. The van der Waals surface area contributed by atoms with Gasteiger partial charge in [-0.15, -0.1) is 0 Å². The number of hydrogen-bond acceptors (Lipinski definition) is 8. The summed E-state index contributed by atoms with van der Waals surface area (Å²) in [4.78, 5) is 28.9. The fourth-order valence-corrected chi connectivity index (χ4v) is 5.58. The van der Waals surface area contributed by atoms with Crippen LogP contribution in [0.15, 0.2) is 43.0 Å². The van der Waals surface area contributed by atoms with Crippen molar-refractivity contribution in [3.05, 3.63) is 59.1 Å². The summed E-state index contributed by atoms with van der Waals surface area (Å²) in [6.07, 6.45) is 2.27. The van der Waals surface area contributed by atoms with Crippen LogP contribution in [0.25, 0.3) is 16.7 Å². The number of anilines is 3. The zero-order valence-electron chi connectivity index (χ0n) is 24.0. The summed E-state index contributed by atoms with van der Waals surface area (Å²) in [5.41, 5.74) is 0.868. The molecule has 16 heteroatoms. The van der Waals surface area contributed by atoms with Crippen LogP contribution in [0.5, 0.6) is 11.5 Å². The zero-order valence-corrected chi connectivity index (χ0v) is 24.8. The number of alkyl halides is 4. The Morgan fingerprint density at radius 2 is 1.91 bits per heavy atom. The number of amides is 1. The van der Waals surface area contributed by atoms with Gasteiger partial charge < -0.3 is 14.6 Å². The Hall–Kier alpha value is -4.50. The number of carbonyl (C=O) groups is 1. The highest BCUT2D eigenvalue weighted by molar-refractivity contribution is 6.36. The molecule has 4 aromatic heterocycles. The minimum atomic E-state index is -4.58. The summed E-state index contributed by atoms with van der Waals surface area (Å²) in [5, 5.41) is 7.44. The molecule has 2 aliphatic rings. The Morgan fingerprint density at radius 3 is 2.62 bits per heavy atom. The predicted octanol–water partition coefficient (Wildman–Crippen LogP) is 5.75. The van der Waals surface area contributed by atoms with Gasteiger partial charge in [0.15, 0.2) is 23.0 Å². The molecule has 0 unspecified atom stereocenters. The number of carbonyl (C=O) groups excluding carboxylic acids is 1. The predicted molar refractivity (Wildman–Crippen MR) is 158 cm³/mol. The second-order valence-corrected chi connectivity index (χ2v) is 11.7. The van der Waals surface area contributed by atoms with Gasteiger partial charge in [0.05, 0.1) is 30.4 Å². The van der Waals surface area contributed by atoms with E-state index in [9.17, 15) is 22.4 Å². The van der Waals surface area contributed by atoms with Crippen molar-refractivity contribution in [1.82, 2.24) is 34.0 Å². The third-order valence-corrected chi connectivity index (χ3v) is 8.24. The molecule has 0 bridgehead atoms. The zero-order chi connectivity index (χ0) is 31.6. The van der Waals surface area contributed by atoms with Crippen LogP contribution >= 0.6 is 11.6 Å². The molecule has 1 aromatic carbocycles. The molecule has 1 saturated heterocycles. The topological polar surface area (TPSA) is 106 Å². The van der Waals surface area contributed by atoms with Crippen LogP contribution < -0.4 is 15.0 Å². The van der Waals surface area contributed by atoms with Crippen molar-refractivity contribution in [2.24, 2.45) is 13.0 Å². The number of nitrogens with zero attached hydrogens (tertiary/aromatic N) is 8. The van der Waals surface area contributed by atoms with Crippen LogP contribution in [0, 0.1) is 5.92 Å². The number of benzene rings is 1. The quantitative estimate of drug-likeness (QED) is 0.213. The molecule has 1 aliphatic carbocycles. The number of hydrogen-bond donors (Lipinski definition) is 1. The lowest BCUT2D eigenvalue weighted by Gasteiger charge is -2.34. The number of nitrogens with one attached hydrogen (secondary N) is 1. The lowest BCUT2D eigenvalue weighted by Crippen LogP contribution is -2.47. The molecule has 0 radical (unpaired) electrons. The second kappa shape index (κ2) is 10.8. The van der Waals surface area contributed by atoms with Crippen LogP contribution in [0.1, 0.15) is 24.0 Å². The maximum absolute atomic E-state index is 13.7. The van der Waals surface area contributed by atoms with Crippen molar-refractivity contribution in [2.75, 3.05) is 30.4 Å². The lowest BCUT2D eigenvalue weighted by molar-refractivity contribution is -0.137. The Labute approximate surface area is 258 Å². The highest BCUT2D eigenvalue weighted by Gasteiger charge is 2.34. The van der Waals surface area contributed by atoms with E-state index < -0.39 is 17.9 Å². The van der Waals surface area contributed by atoms with Gasteiger partial charge in [0.25, 0.3) is 0 Å². The molecule has 1 amide bonds. The van der Waals surface area contributed by atoms with Crippen LogP contribution in [-0.4, -0.2) is 66.2 Å². The summed E-state index contributed by atoms with van der Waals surface area (Å²) in [7, 11) is 3.32. The van der Waals surface area contributed by atoms with Crippen molar-refractivity contribution in [1.29, 1.82) is 0 Å². The number of aryl methyl sites for hydroxylation is 1. The molecule has 11 nitrogen and oxygen atoms in total. The SMILES string of the molecule is CN(C(=O)C1CC1)c1cn2ncc(Oc3cnc4nc(Nc5cc(CN6CC(F)C6)cc(C(F)(F)F)c5)n(C)c4c3Cl)c2cn1. The number of halogens is 5. The van der Waals surface area contributed by atoms with Gasteiger partial charge in [-0.2, -0.15) is 23.3 Å². The molecule has 234 valence electrons. The number of fused-ring (bicyclic) bond motifs is 2. The summed E-state index contributed by atoms with van der Waals surface area (Å²) >= 11 is 6.74. The molecule has 1 saturated carbocycles. The van der Waals surface area contributed by atoms with Crippen molar-refractivity contribution < 1.29 is 27.1 Å². The van der Waals surface area contributed by atoms with Gasteiger partial charge in [0, 0.05) is 45.3 Å². The monoisotopic (exact) mass is 643 g/mol. The molecule has 0 atom stereocenters. The minimum absolute atomic E-state index is 0.0121. The fourth-order valence-electron chi connectivity index (χ4n) is 5.28. The molecular weight excluding hydrogens is 618 g/mol.